The predicted molar refractivity (Wildman–Crippen MR) is 98.7 cm³/mol. The summed E-state index contributed by atoms with van der Waals surface area (Å²) in [6.07, 6.45) is 1.77. The number of halogens is 1. The number of aromatic amines is 1. The third-order valence-electron chi connectivity index (χ3n) is 5.33. The maximum atomic E-state index is 13.2. The largest absolute Gasteiger partial charge is 0.396 e. The first-order valence-electron chi connectivity index (χ1n) is 9.34. The van der Waals surface area contributed by atoms with Gasteiger partial charge < -0.3 is 15.1 Å². The molecule has 2 aromatic rings. The van der Waals surface area contributed by atoms with Gasteiger partial charge in [0.25, 0.3) is 5.91 Å². The standard InChI is InChI=1S/C20H26FN3O3/c1-2-3-16-10-17(23-22-16)19(27)24-9-8-18(26)20(12-24,13-25)11-14-4-6-15(21)7-5-14/h4-7,10,18,25-26H,2-3,8-9,11-13H2,1H3,(H,22,23)/t18-,20-/m0/s1. The van der Waals surface area contributed by atoms with Gasteiger partial charge in [0, 0.05) is 24.2 Å². The zero-order valence-corrected chi connectivity index (χ0v) is 15.5. The number of likely N-dealkylation sites (tertiary alicyclic amines) is 1. The van der Waals surface area contributed by atoms with Crippen molar-refractivity contribution >= 4 is 5.91 Å². The Kier molecular flexibility index (Phi) is 5.92. The van der Waals surface area contributed by atoms with Crippen LogP contribution in [0.2, 0.25) is 0 Å². The highest BCUT2D eigenvalue weighted by molar-refractivity contribution is 5.92. The second kappa shape index (κ2) is 8.19. The Labute approximate surface area is 158 Å². The van der Waals surface area contributed by atoms with Crippen molar-refractivity contribution in [3.8, 4) is 0 Å². The predicted octanol–water partition coefficient (Wildman–Crippen LogP) is 1.93. The summed E-state index contributed by atoms with van der Waals surface area (Å²) in [4.78, 5) is 14.5. The molecule has 0 saturated carbocycles. The van der Waals surface area contributed by atoms with Crippen LogP contribution in [0.4, 0.5) is 4.39 Å². The molecule has 0 radical (unpaired) electrons. The van der Waals surface area contributed by atoms with Crippen LogP contribution in [-0.2, 0) is 12.8 Å². The van der Waals surface area contributed by atoms with Gasteiger partial charge in [0.05, 0.1) is 12.7 Å². The molecule has 1 aliphatic rings. The van der Waals surface area contributed by atoms with Crippen molar-refractivity contribution in [3.63, 3.8) is 0 Å². The van der Waals surface area contributed by atoms with E-state index in [0.717, 1.165) is 24.1 Å². The van der Waals surface area contributed by atoms with Crippen LogP contribution in [0.3, 0.4) is 0 Å². The van der Waals surface area contributed by atoms with Crippen LogP contribution in [-0.4, -0.2) is 57.0 Å². The number of benzene rings is 1. The van der Waals surface area contributed by atoms with Gasteiger partial charge in [0.1, 0.15) is 11.5 Å². The molecule has 0 spiro atoms. The highest BCUT2D eigenvalue weighted by atomic mass is 19.1. The number of nitrogens with zero attached hydrogens (tertiary/aromatic N) is 2. The molecule has 1 aromatic heterocycles. The van der Waals surface area contributed by atoms with Crippen LogP contribution >= 0.6 is 0 Å². The van der Waals surface area contributed by atoms with E-state index in [4.69, 9.17) is 0 Å². The summed E-state index contributed by atoms with van der Waals surface area (Å²) in [5, 5.41) is 27.7. The minimum Gasteiger partial charge on any atom is -0.396 e. The van der Waals surface area contributed by atoms with E-state index in [1.54, 1.807) is 23.1 Å². The van der Waals surface area contributed by atoms with Crippen molar-refractivity contribution in [1.29, 1.82) is 0 Å². The minimum absolute atomic E-state index is 0.211. The topological polar surface area (TPSA) is 89.5 Å². The number of carbonyl (C=O) groups is 1. The number of rotatable bonds is 6. The summed E-state index contributed by atoms with van der Waals surface area (Å²) in [7, 11) is 0. The molecule has 1 fully saturated rings. The number of aliphatic hydroxyl groups excluding tert-OH is 2. The first-order chi connectivity index (χ1) is 13.0. The van der Waals surface area contributed by atoms with E-state index in [0.29, 0.717) is 25.1 Å². The average Bonchev–Trinajstić information content (AvgIpc) is 3.14. The molecule has 27 heavy (non-hydrogen) atoms. The second-order valence-corrected chi connectivity index (χ2v) is 7.38. The molecule has 0 aliphatic carbocycles. The molecule has 7 heteroatoms. The van der Waals surface area contributed by atoms with Crippen molar-refractivity contribution in [1.82, 2.24) is 15.1 Å². The fraction of sp³-hybridized carbons (Fsp3) is 0.500. The molecule has 3 N–H and O–H groups in total. The molecule has 146 valence electrons. The number of amides is 1. The van der Waals surface area contributed by atoms with E-state index in [1.165, 1.54) is 12.1 Å². The zero-order chi connectivity index (χ0) is 19.4. The first kappa shape index (κ1) is 19.5. The van der Waals surface area contributed by atoms with Crippen molar-refractivity contribution in [2.75, 3.05) is 19.7 Å². The van der Waals surface area contributed by atoms with E-state index in [2.05, 4.69) is 17.1 Å². The summed E-state index contributed by atoms with van der Waals surface area (Å²) in [5.74, 6) is -0.545. The van der Waals surface area contributed by atoms with Crippen molar-refractivity contribution in [2.24, 2.45) is 5.41 Å². The van der Waals surface area contributed by atoms with E-state index in [-0.39, 0.29) is 24.9 Å². The average molecular weight is 375 g/mol. The molecule has 1 saturated heterocycles. The Hall–Kier alpha value is -2.25. The molecule has 3 rings (SSSR count). The van der Waals surface area contributed by atoms with Crippen LogP contribution in [0.25, 0.3) is 0 Å². The highest BCUT2D eigenvalue weighted by Gasteiger charge is 2.44. The van der Waals surface area contributed by atoms with E-state index in [1.807, 2.05) is 0 Å². The Morgan fingerprint density at radius 2 is 2.15 bits per heavy atom. The molecule has 6 nitrogen and oxygen atoms in total. The highest BCUT2D eigenvalue weighted by Crippen LogP contribution is 2.34. The lowest BCUT2D eigenvalue weighted by atomic mass is 9.73. The molecular weight excluding hydrogens is 349 g/mol. The van der Waals surface area contributed by atoms with E-state index < -0.39 is 11.5 Å². The van der Waals surface area contributed by atoms with Gasteiger partial charge >= 0.3 is 0 Å². The van der Waals surface area contributed by atoms with Crippen LogP contribution in [0.15, 0.2) is 30.3 Å². The SMILES string of the molecule is CCCc1cc(C(=O)N2CC[C@H](O)[C@@](CO)(Cc3ccc(F)cc3)C2)n[nH]1. The van der Waals surface area contributed by atoms with Gasteiger partial charge in [-0.15, -0.1) is 0 Å². The monoisotopic (exact) mass is 375 g/mol. The summed E-state index contributed by atoms with van der Waals surface area (Å²) in [5.41, 5.74) is 1.19. The lowest BCUT2D eigenvalue weighted by molar-refractivity contribution is -0.0669. The summed E-state index contributed by atoms with van der Waals surface area (Å²) in [6, 6.07) is 7.77. The van der Waals surface area contributed by atoms with Crippen LogP contribution < -0.4 is 0 Å². The minimum atomic E-state index is -0.881. The molecule has 0 bridgehead atoms. The van der Waals surface area contributed by atoms with E-state index in [9.17, 15) is 19.4 Å². The van der Waals surface area contributed by atoms with Crippen molar-refractivity contribution < 1.29 is 19.4 Å². The summed E-state index contributed by atoms with van der Waals surface area (Å²) in [6.45, 7) is 2.41. The number of nitrogens with one attached hydrogen (secondary N) is 1. The number of carbonyl (C=O) groups excluding carboxylic acids is 1. The van der Waals surface area contributed by atoms with Gasteiger partial charge in [-0.05, 0) is 43.0 Å². The van der Waals surface area contributed by atoms with Gasteiger partial charge in [0.2, 0.25) is 0 Å². The quantitative estimate of drug-likeness (QED) is 0.720. The van der Waals surface area contributed by atoms with Crippen LogP contribution in [0.5, 0.6) is 0 Å². The van der Waals surface area contributed by atoms with Gasteiger partial charge in [-0.1, -0.05) is 25.5 Å². The van der Waals surface area contributed by atoms with Gasteiger partial charge in [-0.25, -0.2) is 4.39 Å². The molecule has 1 amide bonds. The Balaban J connectivity index is 1.78. The number of H-pyrrole nitrogens is 1. The lowest BCUT2D eigenvalue weighted by Gasteiger charge is -2.45. The fourth-order valence-electron chi connectivity index (χ4n) is 3.75. The molecule has 0 unspecified atom stereocenters. The summed E-state index contributed by atoms with van der Waals surface area (Å²) >= 11 is 0. The maximum absolute atomic E-state index is 13.2. The molecule has 1 aliphatic heterocycles. The molecule has 2 heterocycles. The van der Waals surface area contributed by atoms with Crippen molar-refractivity contribution in [2.45, 2.75) is 38.7 Å². The number of aliphatic hydroxyl groups is 2. The third kappa shape index (κ3) is 4.20. The first-order valence-corrected chi connectivity index (χ1v) is 9.34. The van der Waals surface area contributed by atoms with E-state index >= 15 is 0 Å². The molecule has 1 aromatic carbocycles. The fourth-order valence-corrected chi connectivity index (χ4v) is 3.75. The second-order valence-electron chi connectivity index (χ2n) is 7.38. The number of aryl methyl sites for hydroxylation is 1. The smallest absolute Gasteiger partial charge is 0.274 e. The Morgan fingerprint density at radius 1 is 1.41 bits per heavy atom. The number of piperidine rings is 1. The van der Waals surface area contributed by atoms with Crippen molar-refractivity contribution in [3.05, 3.63) is 53.1 Å². The number of aromatic nitrogens is 2. The molecular formula is C20H26FN3O3. The Morgan fingerprint density at radius 3 is 2.81 bits per heavy atom. The number of hydrogen-bond donors (Lipinski definition) is 3. The van der Waals surface area contributed by atoms with Crippen LogP contribution in [0.1, 0.15) is 41.5 Å². The lowest BCUT2D eigenvalue weighted by Crippen LogP contribution is -2.56. The zero-order valence-electron chi connectivity index (χ0n) is 15.5. The normalized spacial score (nSPS) is 22.8. The van der Waals surface area contributed by atoms with Gasteiger partial charge in [-0.3, -0.25) is 9.89 Å². The number of hydrogen-bond acceptors (Lipinski definition) is 4. The van der Waals surface area contributed by atoms with Gasteiger partial charge in [0.15, 0.2) is 0 Å². The Bertz CT molecular complexity index is 777. The summed E-state index contributed by atoms with van der Waals surface area (Å²) < 4.78 is 13.2. The third-order valence-corrected chi connectivity index (χ3v) is 5.33. The van der Waals surface area contributed by atoms with Gasteiger partial charge in [-0.2, -0.15) is 5.10 Å². The van der Waals surface area contributed by atoms with Crippen LogP contribution in [0, 0.1) is 11.2 Å². The maximum Gasteiger partial charge on any atom is 0.274 e. The molecule has 2 atom stereocenters.